The van der Waals surface area contributed by atoms with Crippen LogP contribution in [-0.4, -0.2) is 28.5 Å². The first kappa shape index (κ1) is 9.95. The van der Waals surface area contributed by atoms with Gasteiger partial charge in [-0.3, -0.25) is 0 Å². The molecule has 0 radical (unpaired) electrons. The smallest absolute Gasteiger partial charge is 0.174 e. The van der Waals surface area contributed by atoms with Crippen LogP contribution in [0.4, 0.5) is 0 Å². The summed E-state index contributed by atoms with van der Waals surface area (Å²) in [7, 11) is 0. The van der Waals surface area contributed by atoms with Crippen LogP contribution < -0.4 is 5.32 Å². The second kappa shape index (κ2) is 5.50. The molecule has 0 saturated heterocycles. The summed E-state index contributed by atoms with van der Waals surface area (Å²) in [6, 6.07) is 0.545. The van der Waals surface area contributed by atoms with E-state index in [9.17, 15) is 0 Å². The summed E-state index contributed by atoms with van der Waals surface area (Å²) in [5.41, 5.74) is 1.76. The van der Waals surface area contributed by atoms with Crippen molar-refractivity contribution < 1.29 is 0 Å². The van der Waals surface area contributed by atoms with Gasteiger partial charge in [0.05, 0.1) is 0 Å². The van der Waals surface area contributed by atoms with Crippen LogP contribution >= 0.6 is 23.1 Å². The van der Waals surface area contributed by atoms with Gasteiger partial charge in [-0.25, -0.2) is 0 Å². The number of aromatic nitrogens is 2. The van der Waals surface area contributed by atoms with E-state index in [4.69, 9.17) is 0 Å². The number of nitrogens with zero attached hydrogens (tertiary/aromatic N) is 2. The number of thioether (sulfide) groups is 1. The molecule has 1 unspecified atom stereocenters. The molecular weight excluding hydrogens is 190 g/mol. The molecule has 0 amide bonds. The average molecular weight is 203 g/mol. The van der Waals surface area contributed by atoms with Crippen molar-refractivity contribution in [2.45, 2.75) is 24.2 Å². The summed E-state index contributed by atoms with van der Waals surface area (Å²) in [5, 5.41) is 11.1. The van der Waals surface area contributed by atoms with E-state index in [1.165, 1.54) is 0 Å². The minimum atomic E-state index is 0.545. The van der Waals surface area contributed by atoms with E-state index in [-0.39, 0.29) is 0 Å². The molecule has 1 aromatic heterocycles. The highest BCUT2D eigenvalue weighted by atomic mass is 32.2. The molecule has 1 atom stereocenters. The fourth-order valence-electron chi connectivity index (χ4n) is 0.830. The van der Waals surface area contributed by atoms with Crippen LogP contribution in [0.5, 0.6) is 0 Å². The van der Waals surface area contributed by atoms with Crippen molar-refractivity contribution in [3.8, 4) is 0 Å². The Morgan fingerprint density at radius 3 is 3.17 bits per heavy atom. The van der Waals surface area contributed by atoms with E-state index in [1.54, 1.807) is 28.6 Å². The van der Waals surface area contributed by atoms with Crippen LogP contribution in [0.25, 0.3) is 0 Å². The highest BCUT2D eigenvalue weighted by Crippen LogP contribution is 2.19. The lowest BCUT2D eigenvalue weighted by Gasteiger charge is -2.09. The first-order chi connectivity index (χ1) is 5.83. The maximum absolute atomic E-state index is 3.95. The molecule has 12 heavy (non-hydrogen) atoms. The summed E-state index contributed by atoms with van der Waals surface area (Å²) in [4.78, 5) is 0. The van der Waals surface area contributed by atoms with Crippen LogP contribution in [-0.2, 0) is 0 Å². The standard InChI is InChI=1S/C7H13N3S2/c1-3-8-6(2)4-11-7-10-9-5-12-7/h5-6,8H,3-4H2,1-2H3. The highest BCUT2D eigenvalue weighted by molar-refractivity contribution is 8.01. The molecule has 0 aliphatic carbocycles. The minimum absolute atomic E-state index is 0.545. The Labute approximate surface area is 81.0 Å². The van der Waals surface area contributed by atoms with E-state index < -0.39 is 0 Å². The zero-order valence-corrected chi connectivity index (χ0v) is 8.91. The summed E-state index contributed by atoms with van der Waals surface area (Å²) in [6.45, 7) is 5.32. The number of hydrogen-bond donors (Lipinski definition) is 1. The van der Waals surface area contributed by atoms with Gasteiger partial charge in [0.1, 0.15) is 5.51 Å². The zero-order valence-electron chi connectivity index (χ0n) is 7.28. The molecular formula is C7H13N3S2. The van der Waals surface area contributed by atoms with Crippen molar-refractivity contribution in [1.29, 1.82) is 0 Å². The van der Waals surface area contributed by atoms with Crippen molar-refractivity contribution in [3.05, 3.63) is 5.51 Å². The van der Waals surface area contributed by atoms with Gasteiger partial charge in [0, 0.05) is 11.8 Å². The maximum Gasteiger partial charge on any atom is 0.174 e. The maximum atomic E-state index is 3.95. The molecule has 0 fully saturated rings. The lowest BCUT2D eigenvalue weighted by molar-refractivity contribution is 0.620. The number of nitrogens with one attached hydrogen (secondary N) is 1. The van der Waals surface area contributed by atoms with Crippen molar-refractivity contribution in [2.24, 2.45) is 0 Å². The summed E-state index contributed by atoms with van der Waals surface area (Å²) < 4.78 is 1.06. The van der Waals surface area contributed by atoms with E-state index in [1.807, 2.05) is 0 Å². The highest BCUT2D eigenvalue weighted by Gasteiger charge is 2.02. The molecule has 0 aliphatic rings. The predicted octanol–water partition coefficient (Wildman–Crippen LogP) is 1.63. The van der Waals surface area contributed by atoms with Crippen molar-refractivity contribution >= 4 is 23.1 Å². The molecule has 3 nitrogen and oxygen atoms in total. The molecule has 1 N–H and O–H groups in total. The average Bonchev–Trinajstić information content (AvgIpc) is 2.53. The van der Waals surface area contributed by atoms with Gasteiger partial charge in [-0.15, -0.1) is 10.2 Å². The molecule has 68 valence electrons. The first-order valence-corrected chi connectivity index (χ1v) is 5.81. The molecule has 5 heteroatoms. The van der Waals surface area contributed by atoms with Gasteiger partial charge < -0.3 is 5.32 Å². The van der Waals surface area contributed by atoms with Crippen LogP contribution in [0.3, 0.4) is 0 Å². The van der Waals surface area contributed by atoms with Gasteiger partial charge in [-0.1, -0.05) is 30.0 Å². The number of hydrogen-bond acceptors (Lipinski definition) is 5. The summed E-state index contributed by atoms with van der Waals surface area (Å²) >= 11 is 3.35. The molecule has 0 bridgehead atoms. The largest absolute Gasteiger partial charge is 0.314 e. The van der Waals surface area contributed by atoms with E-state index in [0.29, 0.717) is 6.04 Å². The summed E-state index contributed by atoms with van der Waals surface area (Å²) in [5.74, 6) is 1.06. The lowest BCUT2D eigenvalue weighted by atomic mass is 10.4. The van der Waals surface area contributed by atoms with E-state index >= 15 is 0 Å². The van der Waals surface area contributed by atoms with E-state index in [2.05, 4.69) is 29.4 Å². The van der Waals surface area contributed by atoms with Gasteiger partial charge >= 0.3 is 0 Å². The SMILES string of the molecule is CCNC(C)CSc1nncs1. The third kappa shape index (κ3) is 3.51. The van der Waals surface area contributed by atoms with Crippen molar-refractivity contribution in [1.82, 2.24) is 15.5 Å². The quantitative estimate of drug-likeness (QED) is 0.738. The second-order valence-corrected chi connectivity index (χ2v) is 4.57. The van der Waals surface area contributed by atoms with E-state index in [0.717, 1.165) is 16.6 Å². The Morgan fingerprint density at radius 1 is 1.75 bits per heavy atom. The van der Waals surface area contributed by atoms with Crippen molar-refractivity contribution in [2.75, 3.05) is 12.3 Å². The molecule has 0 aliphatic heterocycles. The third-order valence-electron chi connectivity index (χ3n) is 1.35. The summed E-state index contributed by atoms with van der Waals surface area (Å²) in [6.07, 6.45) is 0. The normalized spacial score (nSPS) is 13.2. The Kier molecular flexibility index (Phi) is 4.57. The van der Waals surface area contributed by atoms with Gasteiger partial charge in [0.15, 0.2) is 4.34 Å². The Balaban J connectivity index is 2.17. The second-order valence-electron chi connectivity index (χ2n) is 2.47. The lowest BCUT2D eigenvalue weighted by Crippen LogP contribution is -2.27. The Bertz CT molecular complexity index is 200. The molecule has 1 aromatic rings. The third-order valence-corrected chi connectivity index (χ3v) is 3.47. The molecule has 0 saturated carbocycles. The fraction of sp³-hybridized carbons (Fsp3) is 0.714. The van der Waals surface area contributed by atoms with Gasteiger partial charge in [-0.2, -0.15) is 0 Å². The van der Waals surface area contributed by atoms with Crippen LogP contribution in [0.2, 0.25) is 0 Å². The fourth-order valence-corrected chi connectivity index (χ4v) is 2.33. The molecule has 0 aromatic carbocycles. The van der Waals surface area contributed by atoms with Gasteiger partial charge in [0.2, 0.25) is 0 Å². The number of rotatable bonds is 5. The van der Waals surface area contributed by atoms with Gasteiger partial charge in [0.25, 0.3) is 0 Å². The van der Waals surface area contributed by atoms with Crippen LogP contribution in [0.1, 0.15) is 13.8 Å². The first-order valence-electron chi connectivity index (χ1n) is 3.95. The Hall–Kier alpha value is -0.130. The van der Waals surface area contributed by atoms with Crippen LogP contribution in [0.15, 0.2) is 9.85 Å². The minimum Gasteiger partial charge on any atom is -0.314 e. The predicted molar refractivity (Wildman–Crippen MR) is 53.8 cm³/mol. The monoisotopic (exact) mass is 203 g/mol. The van der Waals surface area contributed by atoms with Gasteiger partial charge in [-0.05, 0) is 13.5 Å². The Morgan fingerprint density at radius 2 is 2.58 bits per heavy atom. The zero-order chi connectivity index (χ0) is 8.81. The van der Waals surface area contributed by atoms with Crippen LogP contribution in [0, 0.1) is 0 Å². The molecule has 0 spiro atoms. The molecule has 1 heterocycles. The van der Waals surface area contributed by atoms with Crippen molar-refractivity contribution in [3.63, 3.8) is 0 Å². The topological polar surface area (TPSA) is 37.8 Å². The molecule has 1 rings (SSSR count).